The number of aromatic nitrogens is 1. The van der Waals surface area contributed by atoms with Gasteiger partial charge in [-0.2, -0.15) is 0 Å². The maximum Gasteiger partial charge on any atom is 0.274 e. The van der Waals surface area contributed by atoms with Crippen LogP contribution in [0.5, 0.6) is 0 Å². The number of nitrogens with zero attached hydrogens (tertiary/aromatic N) is 3. The number of hydrogen-bond donors (Lipinski definition) is 4. The van der Waals surface area contributed by atoms with Crippen molar-refractivity contribution >= 4 is 22.4 Å². The molecule has 1 heterocycles. The van der Waals surface area contributed by atoms with Gasteiger partial charge in [0.2, 0.25) is 0 Å². The molecule has 0 bridgehead atoms. The number of aryl methyl sites for hydroxylation is 1. The fourth-order valence-corrected chi connectivity index (χ4v) is 3.07. The Balaban J connectivity index is 2.33. The summed E-state index contributed by atoms with van der Waals surface area (Å²) in [5.74, 6) is 0.358. The van der Waals surface area contributed by atoms with E-state index in [0.29, 0.717) is 30.6 Å². The van der Waals surface area contributed by atoms with Crippen LogP contribution in [0.1, 0.15) is 25.0 Å². The molecule has 0 saturated heterocycles. The molecule has 11 heteroatoms. The molecular formula is C15H27N7O3S. The first kappa shape index (κ1) is 21.6. The van der Waals surface area contributed by atoms with E-state index < -0.39 is 4.92 Å². The molecule has 5 N–H and O–H groups in total. The van der Waals surface area contributed by atoms with Gasteiger partial charge in [-0.25, -0.2) is 4.98 Å². The van der Waals surface area contributed by atoms with Crippen molar-refractivity contribution in [3.05, 3.63) is 33.2 Å². The van der Waals surface area contributed by atoms with E-state index in [2.05, 4.69) is 15.6 Å². The van der Waals surface area contributed by atoms with Crippen LogP contribution in [0.3, 0.4) is 0 Å². The van der Waals surface area contributed by atoms with E-state index in [4.69, 9.17) is 15.9 Å². The summed E-state index contributed by atoms with van der Waals surface area (Å²) in [5.41, 5.74) is 6.58. The van der Waals surface area contributed by atoms with Crippen LogP contribution in [-0.2, 0) is 11.2 Å². The van der Waals surface area contributed by atoms with Crippen LogP contribution in [0.2, 0.25) is 0 Å². The van der Waals surface area contributed by atoms with Crippen LogP contribution in [0.15, 0.2) is 17.4 Å². The number of nitro groups is 1. The Bertz CT molecular complexity index is 606. The van der Waals surface area contributed by atoms with E-state index in [-0.39, 0.29) is 5.96 Å². The molecular weight excluding hydrogens is 358 g/mol. The van der Waals surface area contributed by atoms with Gasteiger partial charge in [0.1, 0.15) is 0 Å². The lowest BCUT2D eigenvalue weighted by atomic mass is 10.1. The van der Waals surface area contributed by atoms with Gasteiger partial charge < -0.3 is 21.1 Å². The third-order valence-corrected chi connectivity index (χ3v) is 4.42. The van der Waals surface area contributed by atoms with Crippen molar-refractivity contribution in [2.75, 3.05) is 38.8 Å². The van der Waals surface area contributed by atoms with Gasteiger partial charge in [0.05, 0.1) is 23.8 Å². The highest BCUT2D eigenvalue weighted by molar-refractivity contribution is 7.14. The second kappa shape index (κ2) is 12.0. The second-order valence-electron chi connectivity index (χ2n) is 5.47. The SMILES string of the molecule is CN/C(=C\[N+](=O)[O-])NCCCCCc1csc(N(CCOC)C(=N)N)n1. The van der Waals surface area contributed by atoms with Gasteiger partial charge in [-0.1, -0.05) is 6.42 Å². The Morgan fingerprint density at radius 3 is 2.92 bits per heavy atom. The lowest BCUT2D eigenvalue weighted by Crippen LogP contribution is -2.38. The highest BCUT2D eigenvalue weighted by Crippen LogP contribution is 2.21. The van der Waals surface area contributed by atoms with Crippen molar-refractivity contribution in [1.82, 2.24) is 15.6 Å². The van der Waals surface area contributed by atoms with Gasteiger partial charge >= 0.3 is 0 Å². The molecule has 1 aromatic rings. The number of anilines is 1. The molecule has 0 saturated carbocycles. The number of hydrogen-bond acceptors (Lipinski definition) is 8. The summed E-state index contributed by atoms with van der Waals surface area (Å²) < 4.78 is 5.03. The van der Waals surface area contributed by atoms with E-state index in [1.165, 1.54) is 11.3 Å². The minimum atomic E-state index is -0.490. The van der Waals surface area contributed by atoms with Crippen molar-refractivity contribution in [1.29, 1.82) is 5.41 Å². The molecule has 0 atom stereocenters. The van der Waals surface area contributed by atoms with E-state index in [1.807, 2.05) is 5.38 Å². The second-order valence-corrected chi connectivity index (χ2v) is 6.30. The van der Waals surface area contributed by atoms with Gasteiger partial charge in [-0.05, 0) is 19.3 Å². The number of guanidine groups is 1. The zero-order valence-electron chi connectivity index (χ0n) is 15.2. The normalized spacial score (nSPS) is 11.2. The maximum absolute atomic E-state index is 10.4. The minimum absolute atomic E-state index is 0.0443. The van der Waals surface area contributed by atoms with Crippen LogP contribution in [0.25, 0.3) is 0 Å². The molecule has 0 aromatic carbocycles. The summed E-state index contributed by atoms with van der Waals surface area (Å²) in [5, 5.41) is 26.5. The van der Waals surface area contributed by atoms with Crippen molar-refractivity contribution in [2.45, 2.75) is 25.7 Å². The van der Waals surface area contributed by atoms with Crippen LogP contribution in [-0.4, -0.2) is 49.7 Å². The van der Waals surface area contributed by atoms with E-state index in [0.717, 1.165) is 37.6 Å². The summed E-state index contributed by atoms with van der Waals surface area (Å²) in [6, 6.07) is 0. The molecule has 10 nitrogen and oxygen atoms in total. The molecule has 1 aromatic heterocycles. The fourth-order valence-electron chi connectivity index (χ4n) is 2.17. The largest absolute Gasteiger partial charge is 0.383 e. The molecule has 0 aliphatic carbocycles. The number of ether oxygens (including phenoxy) is 1. The quantitative estimate of drug-likeness (QED) is 0.130. The summed E-state index contributed by atoms with van der Waals surface area (Å²) >= 11 is 1.46. The number of nitrogens with two attached hydrogens (primary N) is 1. The number of methoxy groups -OCH3 is 1. The topological polar surface area (TPSA) is 142 Å². The predicted octanol–water partition coefficient (Wildman–Crippen LogP) is 1.09. The molecule has 0 radical (unpaired) electrons. The number of rotatable bonds is 13. The minimum Gasteiger partial charge on any atom is -0.383 e. The number of unbranched alkanes of at least 4 members (excludes halogenated alkanes) is 2. The molecule has 0 aliphatic rings. The van der Waals surface area contributed by atoms with Crippen molar-refractivity contribution in [3.8, 4) is 0 Å². The average molecular weight is 385 g/mol. The van der Waals surface area contributed by atoms with Crippen LogP contribution in [0.4, 0.5) is 5.13 Å². The first-order valence-electron chi connectivity index (χ1n) is 8.29. The van der Waals surface area contributed by atoms with Gasteiger partial charge in [0, 0.05) is 26.1 Å². The van der Waals surface area contributed by atoms with E-state index >= 15 is 0 Å². The standard InChI is InChI=1S/C15H27N7O3S/c1-18-13(10-22(23)24)19-7-5-3-4-6-12-11-26-15(20-12)21(14(16)17)8-9-25-2/h10-11,18-19H,3-9H2,1-2H3,(H3,16,17)/b13-10+. The molecule has 26 heavy (non-hydrogen) atoms. The number of thiazole rings is 1. The van der Waals surface area contributed by atoms with Crippen molar-refractivity contribution < 1.29 is 9.66 Å². The zero-order valence-corrected chi connectivity index (χ0v) is 16.0. The maximum atomic E-state index is 10.4. The number of nitrogens with one attached hydrogen (secondary N) is 3. The third kappa shape index (κ3) is 8.12. The van der Waals surface area contributed by atoms with Crippen molar-refractivity contribution in [3.63, 3.8) is 0 Å². The fraction of sp³-hybridized carbons (Fsp3) is 0.600. The average Bonchev–Trinajstić information content (AvgIpc) is 3.05. The zero-order chi connectivity index (χ0) is 19.4. The molecule has 0 fully saturated rings. The Kier molecular flexibility index (Phi) is 10.0. The first-order chi connectivity index (χ1) is 12.5. The summed E-state index contributed by atoms with van der Waals surface area (Å²) in [6.07, 6.45) is 4.62. The highest BCUT2D eigenvalue weighted by Gasteiger charge is 2.13. The molecule has 0 aliphatic heterocycles. The van der Waals surface area contributed by atoms with Gasteiger partial charge in [0.25, 0.3) is 6.20 Å². The summed E-state index contributed by atoms with van der Waals surface area (Å²) in [4.78, 5) is 16.1. The molecule has 0 unspecified atom stereocenters. The summed E-state index contributed by atoms with van der Waals surface area (Å²) in [6.45, 7) is 1.63. The van der Waals surface area contributed by atoms with E-state index in [1.54, 1.807) is 19.1 Å². The Morgan fingerprint density at radius 1 is 1.54 bits per heavy atom. The Labute approximate surface area is 157 Å². The van der Waals surface area contributed by atoms with Crippen LogP contribution >= 0.6 is 11.3 Å². The van der Waals surface area contributed by atoms with Gasteiger partial charge in [-0.3, -0.25) is 20.4 Å². The Hall–Kier alpha value is -2.40. The molecule has 0 amide bonds. The van der Waals surface area contributed by atoms with Crippen LogP contribution in [0, 0.1) is 15.5 Å². The lowest BCUT2D eigenvalue weighted by Gasteiger charge is -2.18. The molecule has 0 spiro atoms. The lowest BCUT2D eigenvalue weighted by molar-refractivity contribution is -0.404. The summed E-state index contributed by atoms with van der Waals surface area (Å²) in [7, 11) is 3.24. The van der Waals surface area contributed by atoms with Crippen molar-refractivity contribution in [2.24, 2.45) is 5.73 Å². The van der Waals surface area contributed by atoms with Gasteiger partial charge in [-0.15, -0.1) is 11.3 Å². The third-order valence-electron chi connectivity index (χ3n) is 3.51. The Morgan fingerprint density at radius 2 is 2.31 bits per heavy atom. The molecule has 1 rings (SSSR count). The highest BCUT2D eigenvalue weighted by atomic mass is 32.1. The van der Waals surface area contributed by atoms with Gasteiger partial charge in [0.15, 0.2) is 16.9 Å². The first-order valence-corrected chi connectivity index (χ1v) is 9.17. The molecule has 146 valence electrons. The smallest absolute Gasteiger partial charge is 0.274 e. The van der Waals surface area contributed by atoms with E-state index in [9.17, 15) is 10.1 Å². The monoisotopic (exact) mass is 385 g/mol. The van der Waals surface area contributed by atoms with Crippen LogP contribution < -0.4 is 21.3 Å². The predicted molar refractivity (Wildman–Crippen MR) is 103 cm³/mol.